The van der Waals surface area contributed by atoms with Gasteiger partial charge in [-0.1, -0.05) is 27.7 Å². The molecule has 0 aromatic carbocycles. The zero-order chi connectivity index (χ0) is 10.6. The van der Waals surface area contributed by atoms with Crippen molar-refractivity contribution < 1.29 is 0 Å². The Hall–Kier alpha value is -0.920. The van der Waals surface area contributed by atoms with E-state index in [4.69, 9.17) is 5.73 Å². The zero-order valence-electron chi connectivity index (χ0n) is 9.68. The van der Waals surface area contributed by atoms with Gasteiger partial charge in [0.2, 0.25) is 0 Å². The van der Waals surface area contributed by atoms with Crippen molar-refractivity contribution in [2.75, 3.05) is 5.73 Å². The van der Waals surface area contributed by atoms with Gasteiger partial charge >= 0.3 is 0 Å². The van der Waals surface area contributed by atoms with Crippen LogP contribution in [0.5, 0.6) is 0 Å². The first kappa shape index (κ1) is 12.1. The average molecular weight is 182 g/mol. The van der Waals surface area contributed by atoms with Crippen LogP contribution in [0, 0.1) is 6.92 Å². The number of nitrogen functional groups attached to an aromatic ring is 1. The Bertz CT molecular complexity index is 259. The molecule has 1 heterocycles. The highest BCUT2D eigenvalue weighted by Gasteiger charge is 2.08. The summed E-state index contributed by atoms with van der Waals surface area (Å²) < 4.78 is 2.15. The van der Waals surface area contributed by atoms with Gasteiger partial charge in [-0.2, -0.15) is 0 Å². The molecule has 2 N–H and O–H groups in total. The number of anilines is 1. The molecule has 0 saturated carbocycles. The molecule has 0 aliphatic rings. The van der Waals surface area contributed by atoms with Crippen LogP contribution >= 0.6 is 0 Å². The van der Waals surface area contributed by atoms with E-state index in [0.29, 0.717) is 5.92 Å². The minimum Gasteiger partial charge on any atom is -0.397 e. The van der Waals surface area contributed by atoms with E-state index in [2.05, 4.69) is 31.5 Å². The van der Waals surface area contributed by atoms with Crippen molar-refractivity contribution in [2.45, 2.75) is 40.5 Å². The molecular formula is C11H22N2. The molecule has 2 heteroatoms. The molecular weight excluding hydrogens is 160 g/mol. The number of nitrogens with two attached hydrogens (primary N) is 1. The first-order valence-corrected chi connectivity index (χ1v) is 4.95. The molecule has 1 aromatic heterocycles. The van der Waals surface area contributed by atoms with Crippen molar-refractivity contribution >= 4 is 5.69 Å². The van der Waals surface area contributed by atoms with Crippen molar-refractivity contribution in [2.24, 2.45) is 7.05 Å². The van der Waals surface area contributed by atoms with E-state index in [1.54, 1.807) is 0 Å². The van der Waals surface area contributed by atoms with E-state index in [9.17, 15) is 0 Å². The topological polar surface area (TPSA) is 30.9 Å². The van der Waals surface area contributed by atoms with Crippen LogP contribution in [0.4, 0.5) is 5.69 Å². The largest absolute Gasteiger partial charge is 0.397 e. The second-order valence-electron chi connectivity index (χ2n) is 3.32. The fraction of sp³-hybridized carbons (Fsp3) is 0.636. The molecule has 2 nitrogen and oxygen atoms in total. The molecule has 76 valence electrons. The number of hydrogen-bond acceptors (Lipinski definition) is 1. The zero-order valence-corrected chi connectivity index (χ0v) is 9.68. The van der Waals surface area contributed by atoms with Crippen LogP contribution in [0.2, 0.25) is 0 Å². The third-order valence-corrected chi connectivity index (χ3v) is 2.20. The van der Waals surface area contributed by atoms with Gasteiger partial charge in [0, 0.05) is 18.4 Å². The van der Waals surface area contributed by atoms with Crippen molar-refractivity contribution in [1.29, 1.82) is 0 Å². The number of nitrogens with zero attached hydrogens (tertiary/aromatic N) is 1. The minimum absolute atomic E-state index is 0.552. The lowest BCUT2D eigenvalue weighted by molar-refractivity contribution is 0.727. The van der Waals surface area contributed by atoms with Gasteiger partial charge in [0.15, 0.2) is 0 Å². The normalized spacial score (nSPS) is 9.77. The Kier molecular flexibility index (Phi) is 4.60. The SMILES string of the molecule is CC.Cc1c(N)cc(C(C)C)n1C. The predicted molar refractivity (Wildman–Crippen MR) is 60.0 cm³/mol. The minimum atomic E-state index is 0.552. The van der Waals surface area contributed by atoms with Gasteiger partial charge in [0.05, 0.1) is 5.69 Å². The summed E-state index contributed by atoms with van der Waals surface area (Å²) in [4.78, 5) is 0. The standard InChI is InChI=1S/C9H16N2.C2H6/c1-6(2)9-5-8(10)7(3)11(9)4;1-2/h5-6H,10H2,1-4H3;1-2H3. The molecule has 0 spiro atoms. The summed E-state index contributed by atoms with van der Waals surface area (Å²) in [5.74, 6) is 0.552. The Labute approximate surface area is 81.8 Å². The number of aromatic nitrogens is 1. The highest BCUT2D eigenvalue weighted by atomic mass is 15.0. The summed E-state index contributed by atoms with van der Waals surface area (Å²) >= 11 is 0. The van der Waals surface area contributed by atoms with Crippen LogP contribution in [0.3, 0.4) is 0 Å². The number of hydrogen-bond donors (Lipinski definition) is 1. The third-order valence-electron chi connectivity index (χ3n) is 2.20. The second kappa shape index (κ2) is 4.95. The van der Waals surface area contributed by atoms with Gasteiger partial charge in [-0.05, 0) is 18.9 Å². The van der Waals surface area contributed by atoms with Crippen LogP contribution in [0.25, 0.3) is 0 Å². The molecule has 0 radical (unpaired) electrons. The number of rotatable bonds is 1. The molecule has 1 aromatic rings. The Morgan fingerprint density at radius 1 is 1.31 bits per heavy atom. The lowest BCUT2D eigenvalue weighted by Gasteiger charge is -2.07. The maximum Gasteiger partial charge on any atom is 0.0526 e. The highest BCUT2D eigenvalue weighted by molar-refractivity contribution is 5.47. The third kappa shape index (κ3) is 2.51. The summed E-state index contributed by atoms with van der Waals surface area (Å²) in [7, 11) is 2.06. The van der Waals surface area contributed by atoms with E-state index >= 15 is 0 Å². The van der Waals surface area contributed by atoms with Crippen molar-refractivity contribution in [3.8, 4) is 0 Å². The maximum atomic E-state index is 5.76. The van der Waals surface area contributed by atoms with E-state index in [-0.39, 0.29) is 0 Å². The van der Waals surface area contributed by atoms with Crippen molar-refractivity contribution in [3.63, 3.8) is 0 Å². The van der Waals surface area contributed by atoms with Crippen molar-refractivity contribution in [1.82, 2.24) is 4.57 Å². The fourth-order valence-electron chi connectivity index (χ4n) is 1.30. The van der Waals surface area contributed by atoms with Gasteiger partial charge in [0.25, 0.3) is 0 Å². The van der Waals surface area contributed by atoms with E-state index in [0.717, 1.165) is 11.4 Å². The lowest BCUT2D eigenvalue weighted by Crippen LogP contribution is -1.99. The molecule has 0 amide bonds. The van der Waals surface area contributed by atoms with Crippen LogP contribution in [0.15, 0.2) is 6.07 Å². The van der Waals surface area contributed by atoms with E-state index in [1.165, 1.54) is 5.69 Å². The van der Waals surface area contributed by atoms with E-state index in [1.807, 2.05) is 20.8 Å². The molecule has 0 aliphatic heterocycles. The molecule has 0 bridgehead atoms. The van der Waals surface area contributed by atoms with Crippen LogP contribution in [0.1, 0.15) is 45.0 Å². The smallest absolute Gasteiger partial charge is 0.0526 e. The molecule has 0 saturated heterocycles. The summed E-state index contributed by atoms with van der Waals surface area (Å²) in [5.41, 5.74) is 9.12. The quantitative estimate of drug-likeness (QED) is 0.711. The molecule has 0 aliphatic carbocycles. The van der Waals surface area contributed by atoms with Crippen LogP contribution < -0.4 is 5.73 Å². The molecule has 1 rings (SSSR count). The average Bonchev–Trinajstić information content (AvgIpc) is 2.36. The van der Waals surface area contributed by atoms with Gasteiger partial charge in [-0.3, -0.25) is 0 Å². The Morgan fingerprint density at radius 3 is 1.92 bits per heavy atom. The Balaban J connectivity index is 0.000000671. The first-order chi connectivity index (χ1) is 6.04. The second-order valence-corrected chi connectivity index (χ2v) is 3.32. The van der Waals surface area contributed by atoms with Gasteiger partial charge in [-0.15, -0.1) is 0 Å². The highest BCUT2D eigenvalue weighted by Crippen LogP contribution is 2.22. The summed E-state index contributed by atoms with van der Waals surface area (Å²) in [6.07, 6.45) is 0. The summed E-state index contributed by atoms with van der Waals surface area (Å²) in [6, 6.07) is 2.06. The van der Waals surface area contributed by atoms with Crippen molar-refractivity contribution in [3.05, 3.63) is 17.5 Å². The van der Waals surface area contributed by atoms with Gasteiger partial charge in [0.1, 0.15) is 0 Å². The van der Waals surface area contributed by atoms with E-state index < -0.39 is 0 Å². The van der Waals surface area contributed by atoms with Crippen LogP contribution in [-0.4, -0.2) is 4.57 Å². The Morgan fingerprint density at radius 2 is 1.77 bits per heavy atom. The summed E-state index contributed by atoms with van der Waals surface area (Å²) in [6.45, 7) is 10.4. The molecule has 0 unspecified atom stereocenters. The first-order valence-electron chi connectivity index (χ1n) is 4.95. The molecule has 0 fully saturated rings. The van der Waals surface area contributed by atoms with Crippen LogP contribution in [-0.2, 0) is 7.05 Å². The predicted octanol–water partition coefficient (Wildman–Crippen LogP) is 3.07. The molecule has 13 heavy (non-hydrogen) atoms. The van der Waals surface area contributed by atoms with Gasteiger partial charge < -0.3 is 10.3 Å². The maximum absolute atomic E-state index is 5.76. The lowest BCUT2D eigenvalue weighted by atomic mass is 10.1. The van der Waals surface area contributed by atoms with Gasteiger partial charge in [-0.25, -0.2) is 0 Å². The monoisotopic (exact) mass is 182 g/mol. The summed E-state index contributed by atoms with van der Waals surface area (Å²) in [5, 5.41) is 0. The molecule has 0 atom stereocenters. The fourth-order valence-corrected chi connectivity index (χ4v) is 1.30.